The molecule has 4 fully saturated rings. The minimum Gasteiger partial charge on any atom is -0.372 e. The molecule has 38 heavy (non-hydrogen) atoms. The number of rotatable bonds is 4. The summed E-state index contributed by atoms with van der Waals surface area (Å²) < 4.78 is 0. The largest absolute Gasteiger partial charge is 0.372 e. The van der Waals surface area contributed by atoms with Crippen LogP contribution in [0, 0.1) is 28.6 Å². The quantitative estimate of drug-likeness (QED) is 0.500. The maximum absolute atomic E-state index is 9.22. The van der Waals surface area contributed by atoms with Gasteiger partial charge >= 0.3 is 0 Å². The van der Waals surface area contributed by atoms with Crippen molar-refractivity contribution in [2.75, 3.05) is 60.5 Å². The van der Waals surface area contributed by atoms with Gasteiger partial charge < -0.3 is 20.0 Å². The number of benzene rings is 2. The van der Waals surface area contributed by atoms with Crippen LogP contribution in [-0.2, 0) is 0 Å². The molecule has 6 rings (SSSR count). The van der Waals surface area contributed by atoms with Crippen molar-refractivity contribution in [2.24, 2.45) is 17.3 Å². The van der Waals surface area contributed by atoms with E-state index in [-0.39, 0.29) is 0 Å². The second kappa shape index (κ2) is 11.0. The normalized spacial score (nSPS) is 24.7. The third kappa shape index (κ3) is 5.23. The van der Waals surface area contributed by atoms with Gasteiger partial charge in [0.15, 0.2) is 0 Å². The van der Waals surface area contributed by atoms with E-state index in [2.05, 4.69) is 63.3 Å². The Labute approximate surface area is 233 Å². The number of piperidine rings is 3. The Kier molecular flexibility index (Phi) is 7.47. The molecular formula is C32H42ClN5. The second-order valence-electron chi connectivity index (χ2n) is 12.4. The minimum atomic E-state index is 0.370. The monoisotopic (exact) mass is 531 g/mol. The lowest BCUT2D eigenvalue weighted by Crippen LogP contribution is -2.41. The van der Waals surface area contributed by atoms with Gasteiger partial charge in [0.2, 0.25) is 0 Å². The maximum Gasteiger partial charge on any atom is 0.101 e. The number of hydrogen-bond acceptors (Lipinski definition) is 5. The van der Waals surface area contributed by atoms with Gasteiger partial charge in [-0.3, -0.25) is 0 Å². The van der Waals surface area contributed by atoms with Crippen LogP contribution in [0.25, 0.3) is 0 Å². The topological polar surface area (TPSA) is 45.5 Å². The molecule has 6 heteroatoms. The van der Waals surface area contributed by atoms with Gasteiger partial charge in [-0.2, -0.15) is 5.26 Å². The van der Waals surface area contributed by atoms with Crippen molar-refractivity contribution >= 4 is 28.7 Å². The van der Waals surface area contributed by atoms with Crippen LogP contribution in [0.3, 0.4) is 0 Å². The van der Waals surface area contributed by atoms with Gasteiger partial charge in [-0.25, -0.2) is 0 Å². The average Bonchev–Trinajstić information content (AvgIpc) is 3.29. The Morgan fingerprint density at radius 2 is 1.42 bits per heavy atom. The molecule has 4 saturated heterocycles. The third-order valence-corrected chi connectivity index (χ3v) is 10.5. The molecule has 0 aromatic heterocycles. The van der Waals surface area contributed by atoms with Crippen molar-refractivity contribution < 1.29 is 0 Å². The molecule has 1 spiro atoms. The molecule has 0 aliphatic carbocycles. The third-order valence-electron chi connectivity index (χ3n) is 10.2. The lowest BCUT2D eigenvalue weighted by atomic mass is 9.76. The number of halogens is 1. The summed E-state index contributed by atoms with van der Waals surface area (Å²) in [6, 6.07) is 18.0. The summed E-state index contributed by atoms with van der Waals surface area (Å²) in [5.41, 5.74) is 4.84. The molecular weight excluding hydrogens is 490 g/mol. The van der Waals surface area contributed by atoms with Crippen molar-refractivity contribution in [2.45, 2.75) is 57.9 Å². The van der Waals surface area contributed by atoms with Crippen LogP contribution < -0.4 is 20.0 Å². The van der Waals surface area contributed by atoms with Gasteiger partial charge in [0.25, 0.3) is 0 Å². The predicted molar refractivity (Wildman–Crippen MR) is 158 cm³/mol. The highest BCUT2D eigenvalue weighted by atomic mass is 35.5. The number of nitrogens with one attached hydrogen (secondary N) is 1. The standard InChI is InChI=1S/C32H42ClN5/c1-24-21-32(23-38(24)30-3-2-27(22-34)31(33)20-30)12-18-37(19-13-32)29-6-4-28(5-7-29)36-16-10-26(11-17-36)25-8-14-35-15-9-25/h2-7,20,24-26,35H,8-19,21,23H2,1H3/t24-/m0/s1. The molecule has 1 N–H and O–H groups in total. The molecule has 2 aromatic rings. The van der Waals surface area contributed by atoms with E-state index in [0.29, 0.717) is 22.0 Å². The van der Waals surface area contributed by atoms with Crippen molar-refractivity contribution in [1.82, 2.24) is 5.32 Å². The lowest BCUT2D eigenvalue weighted by molar-refractivity contribution is 0.222. The summed E-state index contributed by atoms with van der Waals surface area (Å²) in [7, 11) is 0. The molecule has 0 saturated carbocycles. The summed E-state index contributed by atoms with van der Waals surface area (Å²) in [4.78, 5) is 7.70. The maximum atomic E-state index is 9.22. The van der Waals surface area contributed by atoms with Crippen molar-refractivity contribution in [3.63, 3.8) is 0 Å². The van der Waals surface area contributed by atoms with Crippen molar-refractivity contribution in [1.29, 1.82) is 5.26 Å². The molecule has 2 aromatic carbocycles. The van der Waals surface area contributed by atoms with Crippen LogP contribution in [0.15, 0.2) is 42.5 Å². The van der Waals surface area contributed by atoms with Gasteiger partial charge in [0.05, 0.1) is 10.6 Å². The van der Waals surface area contributed by atoms with Crippen LogP contribution in [0.4, 0.5) is 17.1 Å². The Morgan fingerprint density at radius 1 is 0.842 bits per heavy atom. The number of anilines is 3. The van der Waals surface area contributed by atoms with E-state index in [1.807, 2.05) is 12.1 Å². The first-order valence-electron chi connectivity index (χ1n) is 14.8. The fourth-order valence-corrected chi connectivity index (χ4v) is 8.08. The predicted octanol–water partition coefficient (Wildman–Crippen LogP) is 6.31. The first-order chi connectivity index (χ1) is 18.5. The van der Waals surface area contributed by atoms with Gasteiger partial charge in [0.1, 0.15) is 6.07 Å². The van der Waals surface area contributed by atoms with Crippen LogP contribution in [-0.4, -0.2) is 51.9 Å². The number of nitrogens with zero attached hydrogens (tertiary/aromatic N) is 4. The second-order valence-corrected chi connectivity index (χ2v) is 12.8. The van der Waals surface area contributed by atoms with Crippen molar-refractivity contribution in [3.8, 4) is 6.07 Å². The zero-order valence-electron chi connectivity index (χ0n) is 22.8. The molecule has 0 unspecified atom stereocenters. The van der Waals surface area contributed by atoms with E-state index in [4.69, 9.17) is 11.6 Å². The number of nitriles is 1. The van der Waals surface area contributed by atoms with E-state index in [1.54, 1.807) is 0 Å². The van der Waals surface area contributed by atoms with E-state index < -0.39 is 0 Å². The summed E-state index contributed by atoms with van der Waals surface area (Å²) in [5.74, 6) is 1.87. The Morgan fingerprint density at radius 3 is 2.03 bits per heavy atom. The first-order valence-corrected chi connectivity index (χ1v) is 15.2. The highest BCUT2D eigenvalue weighted by Gasteiger charge is 2.44. The van der Waals surface area contributed by atoms with Gasteiger partial charge in [-0.1, -0.05) is 11.6 Å². The lowest BCUT2D eigenvalue weighted by Gasteiger charge is -2.41. The summed E-state index contributed by atoms with van der Waals surface area (Å²) in [6.45, 7) is 10.5. The zero-order chi connectivity index (χ0) is 26.1. The fourth-order valence-electron chi connectivity index (χ4n) is 7.86. The van der Waals surface area contributed by atoms with Gasteiger partial charge in [0, 0.05) is 55.8 Å². The smallest absolute Gasteiger partial charge is 0.101 e. The van der Waals surface area contributed by atoms with Gasteiger partial charge in [-0.05, 0) is 125 Å². The molecule has 0 bridgehead atoms. The Hall–Kier alpha value is -2.42. The van der Waals surface area contributed by atoms with E-state index in [9.17, 15) is 5.26 Å². The highest BCUT2D eigenvalue weighted by Crippen LogP contribution is 2.46. The highest BCUT2D eigenvalue weighted by molar-refractivity contribution is 6.32. The Bertz CT molecular complexity index is 1140. The fraction of sp³-hybridized carbons (Fsp3) is 0.594. The zero-order valence-corrected chi connectivity index (χ0v) is 23.6. The van der Waals surface area contributed by atoms with E-state index in [0.717, 1.165) is 37.2 Å². The SMILES string of the molecule is C[C@H]1CC2(CCN(c3ccc(N4CCC(C5CCNCC5)CC4)cc3)CC2)CN1c1ccc(C#N)c(Cl)c1. The summed E-state index contributed by atoms with van der Waals surface area (Å²) in [6.07, 6.45) is 9.13. The molecule has 4 heterocycles. The van der Waals surface area contributed by atoms with Crippen LogP contribution in [0.1, 0.15) is 57.4 Å². The van der Waals surface area contributed by atoms with Gasteiger partial charge in [-0.15, -0.1) is 0 Å². The van der Waals surface area contributed by atoms with E-state index >= 15 is 0 Å². The van der Waals surface area contributed by atoms with E-state index in [1.165, 1.54) is 82.5 Å². The molecule has 4 aliphatic heterocycles. The molecule has 5 nitrogen and oxygen atoms in total. The molecule has 0 radical (unpaired) electrons. The molecule has 1 atom stereocenters. The molecule has 202 valence electrons. The Balaban J connectivity index is 1.03. The van der Waals surface area contributed by atoms with Crippen LogP contribution in [0.5, 0.6) is 0 Å². The average molecular weight is 532 g/mol. The first kappa shape index (κ1) is 25.8. The minimum absolute atomic E-state index is 0.370. The van der Waals surface area contributed by atoms with Crippen molar-refractivity contribution in [3.05, 3.63) is 53.1 Å². The van der Waals surface area contributed by atoms with Crippen LogP contribution >= 0.6 is 11.6 Å². The summed E-state index contributed by atoms with van der Waals surface area (Å²) in [5, 5.41) is 13.3. The molecule has 0 amide bonds. The van der Waals surface area contributed by atoms with Crippen LogP contribution in [0.2, 0.25) is 5.02 Å². The number of hydrogen-bond donors (Lipinski definition) is 1. The molecule has 4 aliphatic rings. The summed E-state index contributed by atoms with van der Waals surface area (Å²) >= 11 is 6.36.